The molecule has 4 rings (SSSR count). The quantitative estimate of drug-likeness (QED) is 0.310. The van der Waals surface area contributed by atoms with Crippen LogP contribution in [0.25, 0.3) is 17.1 Å². The molecular formula is C22H19N5O2. The lowest BCUT2D eigenvalue weighted by atomic mass is 10.2. The van der Waals surface area contributed by atoms with Crippen molar-refractivity contribution in [2.75, 3.05) is 5.73 Å². The van der Waals surface area contributed by atoms with E-state index in [2.05, 4.69) is 15.6 Å². The summed E-state index contributed by atoms with van der Waals surface area (Å²) in [6, 6.07) is 20.3. The molecule has 2 aromatic heterocycles. The van der Waals surface area contributed by atoms with Gasteiger partial charge in [-0.05, 0) is 43.3 Å². The molecule has 2 heterocycles. The summed E-state index contributed by atoms with van der Waals surface area (Å²) >= 11 is 0. The third-order valence-electron chi connectivity index (χ3n) is 4.31. The molecule has 0 aliphatic carbocycles. The van der Waals surface area contributed by atoms with Crippen molar-refractivity contribution < 1.29 is 9.21 Å². The zero-order valence-corrected chi connectivity index (χ0v) is 15.7. The van der Waals surface area contributed by atoms with E-state index in [1.54, 1.807) is 28.9 Å². The molecule has 0 atom stereocenters. The number of carbonyl (C=O) groups excluding carboxylic acids is 1. The number of aryl methyl sites for hydroxylation is 1. The lowest BCUT2D eigenvalue weighted by Gasteiger charge is -2.02. The molecule has 0 spiro atoms. The summed E-state index contributed by atoms with van der Waals surface area (Å²) in [6.07, 6.45) is 3.37. The largest absolute Gasteiger partial charge is 0.460 e. The fourth-order valence-corrected chi connectivity index (χ4v) is 2.87. The van der Waals surface area contributed by atoms with Gasteiger partial charge in [0.2, 0.25) is 0 Å². The van der Waals surface area contributed by atoms with Crippen molar-refractivity contribution in [1.82, 2.24) is 15.2 Å². The Bertz CT molecular complexity index is 1170. The highest BCUT2D eigenvalue weighted by Crippen LogP contribution is 2.24. The molecule has 7 heteroatoms. The molecule has 2 aromatic carbocycles. The highest BCUT2D eigenvalue weighted by molar-refractivity contribution is 5.99. The van der Waals surface area contributed by atoms with Crippen LogP contribution in [0.1, 0.15) is 21.7 Å². The number of nitrogens with zero attached hydrogens (tertiary/aromatic N) is 3. The highest BCUT2D eigenvalue weighted by Gasteiger charge is 2.14. The van der Waals surface area contributed by atoms with Crippen molar-refractivity contribution in [3.63, 3.8) is 0 Å². The summed E-state index contributed by atoms with van der Waals surface area (Å²) in [5, 5.41) is 8.72. The number of carbonyl (C=O) groups is 1. The molecule has 29 heavy (non-hydrogen) atoms. The third-order valence-corrected chi connectivity index (χ3v) is 4.31. The van der Waals surface area contributed by atoms with Gasteiger partial charge in [-0.3, -0.25) is 4.79 Å². The maximum Gasteiger partial charge on any atom is 0.273 e. The number of nitrogens with one attached hydrogen (secondary N) is 1. The van der Waals surface area contributed by atoms with Crippen LogP contribution in [-0.2, 0) is 0 Å². The van der Waals surface area contributed by atoms with Crippen LogP contribution < -0.4 is 11.2 Å². The Morgan fingerprint density at radius 1 is 1.10 bits per heavy atom. The van der Waals surface area contributed by atoms with Gasteiger partial charge in [-0.15, -0.1) is 0 Å². The van der Waals surface area contributed by atoms with E-state index in [9.17, 15) is 4.79 Å². The standard InChI is InChI=1S/C22H19N5O2/c1-15-11-12-20(29-15)21-16(14-27(26-21)17-7-3-2-4-8-17)13-24-25-22(28)18-9-5-6-10-19(18)23/h2-14H,23H2,1H3,(H,25,28)/b24-13-. The summed E-state index contributed by atoms with van der Waals surface area (Å²) in [5.41, 5.74) is 11.3. The first-order chi connectivity index (χ1) is 14.1. The maximum atomic E-state index is 12.3. The fraction of sp³-hybridized carbons (Fsp3) is 0.0455. The normalized spacial score (nSPS) is 11.1. The van der Waals surface area contributed by atoms with Crippen LogP contribution >= 0.6 is 0 Å². The number of nitrogens with two attached hydrogens (primary N) is 1. The molecule has 1 amide bonds. The summed E-state index contributed by atoms with van der Waals surface area (Å²) in [6.45, 7) is 1.87. The van der Waals surface area contributed by atoms with Crippen LogP contribution in [0.15, 0.2) is 82.4 Å². The van der Waals surface area contributed by atoms with Gasteiger partial charge in [0.1, 0.15) is 11.5 Å². The van der Waals surface area contributed by atoms with Crippen molar-refractivity contribution in [1.29, 1.82) is 0 Å². The Morgan fingerprint density at radius 3 is 2.59 bits per heavy atom. The van der Waals surface area contributed by atoms with Gasteiger partial charge in [0.05, 0.1) is 17.5 Å². The SMILES string of the molecule is Cc1ccc(-c2nn(-c3ccccc3)cc2/C=N\NC(=O)c2ccccc2N)o1. The first-order valence-corrected chi connectivity index (χ1v) is 9.01. The maximum absolute atomic E-state index is 12.3. The van der Waals surface area contributed by atoms with Gasteiger partial charge < -0.3 is 10.2 Å². The van der Waals surface area contributed by atoms with Gasteiger partial charge in [0.15, 0.2) is 5.76 Å². The van der Waals surface area contributed by atoms with E-state index < -0.39 is 0 Å². The number of hydrazone groups is 1. The minimum absolute atomic E-state index is 0.367. The van der Waals surface area contributed by atoms with Gasteiger partial charge in [-0.1, -0.05) is 30.3 Å². The van der Waals surface area contributed by atoms with Crippen LogP contribution in [-0.4, -0.2) is 21.9 Å². The van der Waals surface area contributed by atoms with Crippen LogP contribution in [0.5, 0.6) is 0 Å². The lowest BCUT2D eigenvalue weighted by molar-refractivity contribution is 0.0956. The van der Waals surface area contributed by atoms with Gasteiger partial charge in [-0.2, -0.15) is 10.2 Å². The van der Waals surface area contributed by atoms with Gasteiger partial charge >= 0.3 is 0 Å². The molecule has 7 nitrogen and oxygen atoms in total. The van der Waals surface area contributed by atoms with Gasteiger partial charge in [0, 0.05) is 17.4 Å². The average Bonchev–Trinajstić information content (AvgIpc) is 3.35. The molecule has 0 saturated carbocycles. The molecule has 4 aromatic rings. The molecule has 0 aliphatic heterocycles. The van der Waals surface area contributed by atoms with Gasteiger partial charge in [0.25, 0.3) is 5.91 Å². The van der Waals surface area contributed by atoms with Gasteiger partial charge in [-0.25, -0.2) is 10.1 Å². The molecule has 0 radical (unpaired) electrons. The minimum Gasteiger partial charge on any atom is -0.460 e. The van der Waals surface area contributed by atoms with E-state index in [0.29, 0.717) is 28.3 Å². The lowest BCUT2D eigenvalue weighted by Crippen LogP contribution is -2.19. The molecule has 3 N–H and O–H groups in total. The van der Waals surface area contributed by atoms with E-state index in [-0.39, 0.29) is 5.91 Å². The topological polar surface area (TPSA) is 98.4 Å². The summed E-state index contributed by atoms with van der Waals surface area (Å²) < 4.78 is 7.47. The number of hydrogen-bond donors (Lipinski definition) is 2. The highest BCUT2D eigenvalue weighted by atomic mass is 16.3. The van der Waals surface area contributed by atoms with E-state index in [1.807, 2.05) is 55.6 Å². The number of amides is 1. The molecule has 0 bridgehead atoms. The second-order valence-corrected chi connectivity index (χ2v) is 6.41. The van der Waals surface area contributed by atoms with Crippen LogP contribution in [0.3, 0.4) is 0 Å². The number of furan rings is 1. The van der Waals surface area contributed by atoms with E-state index >= 15 is 0 Å². The molecule has 0 fully saturated rings. The first kappa shape index (κ1) is 18.2. The Labute approximate surface area is 167 Å². The predicted molar refractivity (Wildman–Crippen MR) is 112 cm³/mol. The van der Waals surface area contributed by atoms with Crippen molar-refractivity contribution in [2.45, 2.75) is 6.92 Å². The summed E-state index contributed by atoms with van der Waals surface area (Å²) in [4.78, 5) is 12.3. The number of anilines is 1. The van der Waals surface area contributed by atoms with E-state index in [0.717, 1.165) is 11.4 Å². The monoisotopic (exact) mass is 385 g/mol. The Kier molecular flexibility index (Phi) is 4.94. The fourth-order valence-electron chi connectivity index (χ4n) is 2.87. The zero-order chi connectivity index (χ0) is 20.2. The Balaban J connectivity index is 1.63. The number of nitrogen functional groups attached to an aromatic ring is 1. The summed E-state index contributed by atoms with van der Waals surface area (Å²) in [5.74, 6) is 1.02. The molecule has 144 valence electrons. The number of benzene rings is 2. The Hall–Kier alpha value is -4.13. The van der Waals surface area contributed by atoms with Crippen LogP contribution in [0.2, 0.25) is 0 Å². The molecule has 0 saturated heterocycles. The first-order valence-electron chi connectivity index (χ1n) is 9.01. The number of hydrogen-bond acceptors (Lipinski definition) is 5. The molecule has 0 unspecified atom stereocenters. The second-order valence-electron chi connectivity index (χ2n) is 6.41. The second kappa shape index (κ2) is 7.85. The summed E-state index contributed by atoms with van der Waals surface area (Å²) in [7, 11) is 0. The van der Waals surface area contributed by atoms with Crippen molar-refractivity contribution in [3.8, 4) is 17.1 Å². The number of aromatic nitrogens is 2. The van der Waals surface area contributed by atoms with E-state index in [1.165, 1.54) is 6.21 Å². The van der Waals surface area contributed by atoms with E-state index in [4.69, 9.17) is 10.2 Å². The third kappa shape index (κ3) is 3.93. The van der Waals surface area contributed by atoms with Crippen LogP contribution in [0, 0.1) is 6.92 Å². The minimum atomic E-state index is -0.384. The molecule has 0 aliphatic rings. The zero-order valence-electron chi connectivity index (χ0n) is 15.7. The Morgan fingerprint density at radius 2 is 1.86 bits per heavy atom. The van der Waals surface area contributed by atoms with Crippen molar-refractivity contribution in [2.24, 2.45) is 5.10 Å². The number of para-hydroxylation sites is 2. The van der Waals surface area contributed by atoms with Crippen molar-refractivity contribution in [3.05, 3.63) is 89.8 Å². The number of rotatable bonds is 5. The van der Waals surface area contributed by atoms with Crippen LogP contribution in [0.4, 0.5) is 5.69 Å². The predicted octanol–water partition coefficient (Wildman–Crippen LogP) is 3.79. The smallest absolute Gasteiger partial charge is 0.273 e. The molecular weight excluding hydrogens is 366 g/mol. The average molecular weight is 385 g/mol. The van der Waals surface area contributed by atoms with Crippen molar-refractivity contribution >= 4 is 17.8 Å².